The molecular formula is C18H26N4O. The van der Waals surface area contributed by atoms with Crippen LogP contribution in [0.3, 0.4) is 0 Å². The van der Waals surface area contributed by atoms with E-state index in [4.69, 9.17) is 16.2 Å². The van der Waals surface area contributed by atoms with Gasteiger partial charge in [0, 0.05) is 0 Å². The normalized spacial score (nSPS) is 15.8. The second-order valence-electron chi connectivity index (χ2n) is 6.47. The van der Waals surface area contributed by atoms with Crippen molar-refractivity contribution in [3.8, 4) is 5.75 Å². The fraction of sp³-hybridized carbons (Fsp3) is 0.556. The number of ether oxygens (including phenoxy) is 1. The zero-order valence-electron chi connectivity index (χ0n) is 13.6. The standard InChI is InChI=1S/C18H26N4O/c19-17-16-14(21-18(20)22-17)10-6-11-15(16)23-12-5-4-9-13-7-2-1-3-8-13/h6,10-11,13H,1-5,7-9,12H2,(H4,19,20,21,22). The molecule has 1 fully saturated rings. The predicted molar refractivity (Wildman–Crippen MR) is 94.3 cm³/mol. The van der Waals surface area contributed by atoms with Crippen LogP contribution in [-0.2, 0) is 0 Å². The molecule has 1 saturated carbocycles. The van der Waals surface area contributed by atoms with Crippen molar-refractivity contribution in [1.82, 2.24) is 9.97 Å². The number of unbranched alkanes of at least 4 members (excludes halogenated alkanes) is 1. The van der Waals surface area contributed by atoms with E-state index in [0.29, 0.717) is 12.4 Å². The number of benzene rings is 1. The summed E-state index contributed by atoms with van der Waals surface area (Å²) in [7, 11) is 0. The summed E-state index contributed by atoms with van der Waals surface area (Å²) in [5, 5.41) is 0.758. The lowest BCUT2D eigenvalue weighted by Gasteiger charge is -2.21. The summed E-state index contributed by atoms with van der Waals surface area (Å²) in [6.07, 6.45) is 10.7. The zero-order chi connectivity index (χ0) is 16.1. The number of hydrogen-bond acceptors (Lipinski definition) is 5. The molecule has 0 radical (unpaired) electrons. The van der Waals surface area contributed by atoms with Gasteiger partial charge in [-0.3, -0.25) is 0 Å². The topological polar surface area (TPSA) is 87.0 Å². The molecule has 124 valence electrons. The highest BCUT2D eigenvalue weighted by Gasteiger charge is 2.13. The molecule has 1 aromatic carbocycles. The lowest BCUT2D eigenvalue weighted by Crippen LogP contribution is -2.07. The summed E-state index contributed by atoms with van der Waals surface area (Å²) in [6, 6.07) is 5.70. The van der Waals surface area contributed by atoms with Gasteiger partial charge in [-0.2, -0.15) is 4.98 Å². The Morgan fingerprint density at radius 1 is 1.04 bits per heavy atom. The molecule has 1 aromatic heterocycles. The van der Waals surface area contributed by atoms with Gasteiger partial charge in [0.1, 0.15) is 11.6 Å². The Kier molecular flexibility index (Phi) is 5.16. The molecule has 0 atom stereocenters. The van der Waals surface area contributed by atoms with Crippen LogP contribution in [0.5, 0.6) is 5.75 Å². The van der Waals surface area contributed by atoms with E-state index in [-0.39, 0.29) is 5.95 Å². The van der Waals surface area contributed by atoms with Crippen LogP contribution in [0.25, 0.3) is 10.9 Å². The lowest BCUT2D eigenvalue weighted by molar-refractivity contribution is 0.286. The molecule has 0 amide bonds. The van der Waals surface area contributed by atoms with Gasteiger partial charge in [-0.15, -0.1) is 0 Å². The molecule has 1 aliphatic carbocycles. The second kappa shape index (κ2) is 7.49. The summed E-state index contributed by atoms with van der Waals surface area (Å²) >= 11 is 0. The first-order chi connectivity index (χ1) is 11.2. The number of hydrogen-bond donors (Lipinski definition) is 2. The van der Waals surface area contributed by atoms with Crippen LogP contribution in [0.15, 0.2) is 18.2 Å². The average Bonchev–Trinajstić information content (AvgIpc) is 2.55. The summed E-state index contributed by atoms with van der Waals surface area (Å²) in [4.78, 5) is 8.24. The molecule has 1 heterocycles. The molecule has 0 aliphatic heterocycles. The Morgan fingerprint density at radius 2 is 1.87 bits per heavy atom. The molecule has 0 saturated heterocycles. The SMILES string of the molecule is Nc1nc(N)c2c(OCCCCC3CCCCC3)cccc2n1. The van der Waals surface area contributed by atoms with Crippen molar-refractivity contribution in [2.45, 2.75) is 51.4 Å². The average molecular weight is 314 g/mol. The first-order valence-corrected chi connectivity index (χ1v) is 8.68. The third kappa shape index (κ3) is 4.03. The maximum absolute atomic E-state index is 5.97. The van der Waals surface area contributed by atoms with E-state index < -0.39 is 0 Å². The van der Waals surface area contributed by atoms with Crippen LogP contribution in [0.4, 0.5) is 11.8 Å². The molecule has 5 heteroatoms. The molecule has 2 aromatic rings. The second-order valence-corrected chi connectivity index (χ2v) is 6.47. The Bertz CT molecular complexity index is 653. The summed E-state index contributed by atoms with van der Waals surface area (Å²) in [6.45, 7) is 0.704. The van der Waals surface area contributed by atoms with Crippen molar-refractivity contribution in [3.63, 3.8) is 0 Å². The minimum absolute atomic E-state index is 0.194. The quantitative estimate of drug-likeness (QED) is 0.789. The Balaban J connectivity index is 1.53. The van der Waals surface area contributed by atoms with E-state index in [0.717, 1.165) is 29.0 Å². The van der Waals surface area contributed by atoms with Gasteiger partial charge in [0.05, 0.1) is 17.5 Å². The monoisotopic (exact) mass is 314 g/mol. The molecular weight excluding hydrogens is 288 g/mol. The van der Waals surface area contributed by atoms with Crippen LogP contribution in [0, 0.1) is 5.92 Å². The summed E-state index contributed by atoms with van der Waals surface area (Å²) in [5.41, 5.74) is 12.3. The zero-order valence-corrected chi connectivity index (χ0v) is 13.6. The maximum atomic E-state index is 5.97. The van der Waals surface area contributed by atoms with E-state index >= 15 is 0 Å². The van der Waals surface area contributed by atoms with Crippen LogP contribution in [0.1, 0.15) is 51.4 Å². The molecule has 1 aliphatic rings. The van der Waals surface area contributed by atoms with E-state index in [1.165, 1.54) is 44.9 Å². The van der Waals surface area contributed by atoms with Gasteiger partial charge in [-0.1, -0.05) is 44.6 Å². The van der Waals surface area contributed by atoms with Crippen LogP contribution >= 0.6 is 0 Å². The van der Waals surface area contributed by atoms with Gasteiger partial charge in [-0.25, -0.2) is 4.98 Å². The largest absolute Gasteiger partial charge is 0.493 e. The summed E-state index contributed by atoms with van der Waals surface area (Å²) in [5.74, 6) is 2.26. The fourth-order valence-electron chi connectivity index (χ4n) is 3.51. The highest BCUT2D eigenvalue weighted by molar-refractivity contribution is 5.94. The van der Waals surface area contributed by atoms with Crippen molar-refractivity contribution in [2.24, 2.45) is 5.92 Å². The number of rotatable bonds is 6. The van der Waals surface area contributed by atoms with Crippen LogP contribution in [0.2, 0.25) is 0 Å². The van der Waals surface area contributed by atoms with Gasteiger partial charge in [0.25, 0.3) is 0 Å². The molecule has 0 spiro atoms. The van der Waals surface area contributed by atoms with Gasteiger partial charge in [0.15, 0.2) is 0 Å². The number of nitrogens with two attached hydrogens (primary N) is 2. The van der Waals surface area contributed by atoms with E-state index in [2.05, 4.69) is 9.97 Å². The van der Waals surface area contributed by atoms with Gasteiger partial charge < -0.3 is 16.2 Å². The first-order valence-electron chi connectivity index (χ1n) is 8.68. The highest BCUT2D eigenvalue weighted by Crippen LogP contribution is 2.30. The van der Waals surface area contributed by atoms with Gasteiger partial charge in [-0.05, 0) is 30.9 Å². The minimum Gasteiger partial charge on any atom is -0.493 e. The number of aromatic nitrogens is 2. The van der Waals surface area contributed by atoms with Crippen molar-refractivity contribution >= 4 is 22.7 Å². The van der Waals surface area contributed by atoms with Crippen LogP contribution in [-0.4, -0.2) is 16.6 Å². The van der Waals surface area contributed by atoms with Crippen molar-refractivity contribution in [2.75, 3.05) is 18.1 Å². The number of anilines is 2. The molecule has 23 heavy (non-hydrogen) atoms. The van der Waals surface area contributed by atoms with Crippen LogP contribution < -0.4 is 16.2 Å². The predicted octanol–water partition coefficient (Wildman–Crippen LogP) is 3.92. The molecule has 3 rings (SSSR count). The van der Waals surface area contributed by atoms with Crippen molar-refractivity contribution in [1.29, 1.82) is 0 Å². The third-order valence-electron chi connectivity index (χ3n) is 4.72. The van der Waals surface area contributed by atoms with E-state index in [9.17, 15) is 0 Å². The molecule has 0 unspecified atom stereocenters. The smallest absolute Gasteiger partial charge is 0.222 e. The Morgan fingerprint density at radius 3 is 2.70 bits per heavy atom. The molecule has 5 nitrogen and oxygen atoms in total. The summed E-state index contributed by atoms with van der Waals surface area (Å²) < 4.78 is 5.93. The highest BCUT2D eigenvalue weighted by atomic mass is 16.5. The number of fused-ring (bicyclic) bond motifs is 1. The van der Waals surface area contributed by atoms with Gasteiger partial charge in [0.2, 0.25) is 5.95 Å². The van der Waals surface area contributed by atoms with Crippen molar-refractivity contribution < 1.29 is 4.74 Å². The van der Waals surface area contributed by atoms with E-state index in [1.807, 2.05) is 18.2 Å². The minimum atomic E-state index is 0.194. The van der Waals surface area contributed by atoms with Crippen molar-refractivity contribution in [3.05, 3.63) is 18.2 Å². The third-order valence-corrected chi connectivity index (χ3v) is 4.72. The number of nitrogens with zero attached hydrogens (tertiary/aromatic N) is 2. The first kappa shape index (κ1) is 15.8. The molecule has 0 bridgehead atoms. The van der Waals surface area contributed by atoms with E-state index in [1.54, 1.807) is 0 Å². The maximum Gasteiger partial charge on any atom is 0.222 e. The Labute approximate surface area is 137 Å². The fourth-order valence-corrected chi connectivity index (χ4v) is 3.51. The number of nitrogen functional groups attached to an aromatic ring is 2. The lowest BCUT2D eigenvalue weighted by atomic mass is 9.86. The Hall–Kier alpha value is -2.04. The van der Waals surface area contributed by atoms with Gasteiger partial charge >= 0.3 is 0 Å². The molecule has 4 N–H and O–H groups in total.